The van der Waals surface area contributed by atoms with Gasteiger partial charge in [-0.25, -0.2) is 0 Å². The number of rotatable bonds is 8. The van der Waals surface area contributed by atoms with Crippen LogP contribution in [0.3, 0.4) is 0 Å². The first-order valence-electron chi connectivity index (χ1n) is 10.9. The summed E-state index contributed by atoms with van der Waals surface area (Å²) in [5.74, 6) is 2.41. The summed E-state index contributed by atoms with van der Waals surface area (Å²) in [6.45, 7) is 2.90. The summed E-state index contributed by atoms with van der Waals surface area (Å²) in [5, 5.41) is 6.66. The maximum absolute atomic E-state index is 12.6. The van der Waals surface area contributed by atoms with Gasteiger partial charge in [0.2, 0.25) is 5.91 Å². The van der Waals surface area contributed by atoms with E-state index in [-0.39, 0.29) is 11.3 Å². The first-order chi connectivity index (χ1) is 13.7. The van der Waals surface area contributed by atoms with E-state index in [1.165, 1.54) is 37.7 Å². The number of benzene rings is 1. The molecule has 1 aromatic carbocycles. The van der Waals surface area contributed by atoms with E-state index in [2.05, 4.69) is 22.8 Å². The van der Waals surface area contributed by atoms with Gasteiger partial charge in [-0.05, 0) is 68.8 Å². The second kappa shape index (κ2) is 10.1. The number of hydrogen-bond acceptors (Lipinski definition) is 4. The van der Waals surface area contributed by atoms with Gasteiger partial charge >= 0.3 is 0 Å². The molecule has 3 rings (SSSR count). The van der Waals surface area contributed by atoms with Crippen LogP contribution < -0.4 is 20.1 Å². The number of carbonyl (C=O) groups excluding carboxylic acids is 1. The fourth-order valence-electron chi connectivity index (χ4n) is 4.82. The monoisotopic (exact) mass is 388 g/mol. The first-order valence-corrected chi connectivity index (χ1v) is 10.9. The van der Waals surface area contributed by atoms with Crippen molar-refractivity contribution in [1.29, 1.82) is 0 Å². The van der Waals surface area contributed by atoms with Crippen LogP contribution in [0.1, 0.15) is 63.4 Å². The average Bonchev–Trinajstić information content (AvgIpc) is 2.77. The van der Waals surface area contributed by atoms with Crippen molar-refractivity contribution in [2.75, 3.05) is 33.9 Å². The third-order valence-electron chi connectivity index (χ3n) is 6.67. The van der Waals surface area contributed by atoms with Gasteiger partial charge in [-0.3, -0.25) is 4.79 Å². The quantitative estimate of drug-likeness (QED) is 0.711. The fourth-order valence-corrected chi connectivity index (χ4v) is 4.82. The molecule has 0 bridgehead atoms. The van der Waals surface area contributed by atoms with Crippen molar-refractivity contribution in [3.63, 3.8) is 0 Å². The predicted octanol–water partition coefficient (Wildman–Crippen LogP) is 3.80. The number of piperidine rings is 1. The molecule has 1 aliphatic heterocycles. The largest absolute Gasteiger partial charge is 0.493 e. The van der Waals surface area contributed by atoms with Crippen molar-refractivity contribution in [2.45, 2.75) is 63.2 Å². The zero-order valence-corrected chi connectivity index (χ0v) is 17.5. The molecular formula is C23H36N2O3. The predicted molar refractivity (Wildman–Crippen MR) is 112 cm³/mol. The number of nitrogens with one attached hydrogen (secondary N) is 2. The number of amides is 1. The third-order valence-corrected chi connectivity index (χ3v) is 6.67. The van der Waals surface area contributed by atoms with E-state index in [1.807, 2.05) is 6.07 Å². The molecule has 156 valence electrons. The Morgan fingerprint density at radius 2 is 1.82 bits per heavy atom. The molecule has 1 aliphatic carbocycles. The number of hydrogen-bond donors (Lipinski definition) is 2. The Labute approximate surface area is 169 Å². The Morgan fingerprint density at radius 3 is 2.50 bits per heavy atom. The summed E-state index contributed by atoms with van der Waals surface area (Å²) in [5.41, 5.74) is 1.26. The minimum atomic E-state index is 0.00220. The normalized spacial score (nSPS) is 19.8. The lowest BCUT2D eigenvalue weighted by molar-refractivity contribution is -0.121. The molecule has 1 saturated heterocycles. The van der Waals surface area contributed by atoms with E-state index >= 15 is 0 Å². The molecule has 0 radical (unpaired) electrons. The second-order valence-corrected chi connectivity index (χ2v) is 8.42. The molecule has 0 spiro atoms. The van der Waals surface area contributed by atoms with E-state index < -0.39 is 0 Å². The minimum Gasteiger partial charge on any atom is -0.493 e. The van der Waals surface area contributed by atoms with Gasteiger partial charge in [0.1, 0.15) is 0 Å². The highest BCUT2D eigenvalue weighted by atomic mass is 16.5. The molecule has 1 heterocycles. The Bertz CT molecular complexity index is 635. The minimum absolute atomic E-state index is 0.00220. The first kappa shape index (κ1) is 21.0. The molecule has 0 atom stereocenters. The molecule has 28 heavy (non-hydrogen) atoms. The van der Waals surface area contributed by atoms with Crippen LogP contribution >= 0.6 is 0 Å². The molecule has 0 aromatic heterocycles. The third kappa shape index (κ3) is 5.19. The van der Waals surface area contributed by atoms with Crippen LogP contribution in [0.25, 0.3) is 0 Å². The Hall–Kier alpha value is -1.75. The molecule has 2 aliphatic rings. The molecular weight excluding hydrogens is 352 g/mol. The molecule has 2 fully saturated rings. The van der Waals surface area contributed by atoms with Crippen LogP contribution in [0.2, 0.25) is 0 Å². The summed E-state index contributed by atoms with van der Waals surface area (Å²) < 4.78 is 10.9. The highest BCUT2D eigenvalue weighted by Crippen LogP contribution is 2.42. The summed E-state index contributed by atoms with van der Waals surface area (Å²) in [4.78, 5) is 12.6. The van der Waals surface area contributed by atoms with Crippen LogP contribution in [0, 0.1) is 5.92 Å². The summed E-state index contributed by atoms with van der Waals surface area (Å²) in [6, 6.07) is 6.24. The van der Waals surface area contributed by atoms with Crippen molar-refractivity contribution in [1.82, 2.24) is 10.6 Å². The van der Waals surface area contributed by atoms with Crippen molar-refractivity contribution in [3.8, 4) is 11.5 Å². The van der Waals surface area contributed by atoms with E-state index in [9.17, 15) is 4.79 Å². The SMILES string of the molecule is COc1ccc(C2(CNC(=O)CCC3CCNCC3)CCCCC2)cc1OC. The second-order valence-electron chi connectivity index (χ2n) is 8.42. The lowest BCUT2D eigenvalue weighted by atomic mass is 9.69. The average molecular weight is 389 g/mol. The van der Waals surface area contributed by atoms with Crippen LogP contribution in [-0.2, 0) is 10.2 Å². The molecule has 5 heteroatoms. The Kier molecular flexibility index (Phi) is 7.60. The summed E-state index contributed by atoms with van der Waals surface area (Å²) in [6.07, 6.45) is 9.96. The topological polar surface area (TPSA) is 59.6 Å². The lowest BCUT2D eigenvalue weighted by Crippen LogP contribution is -2.42. The summed E-state index contributed by atoms with van der Waals surface area (Å²) >= 11 is 0. The van der Waals surface area contributed by atoms with Crippen LogP contribution in [0.4, 0.5) is 0 Å². The van der Waals surface area contributed by atoms with Crippen molar-refractivity contribution in [2.24, 2.45) is 5.92 Å². The van der Waals surface area contributed by atoms with E-state index in [1.54, 1.807) is 14.2 Å². The number of carbonyl (C=O) groups is 1. The maximum atomic E-state index is 12.6. The zero-order chi connectivity index (χ0) is 19.8. The Balaban J connectivity index is 1.63. The van der Waals surface area contributed by atoms with E-state index in [0.717, 1.165) is 43.9 Å². The fraction of sp³-hybridized carbons (Fsp3) is 0.696. The molecule has 1 saturated carbocycles. The van der Waals surface area contributed by atoms with Gasteiger partial charge in [0.15, 0.2) is 11.5 Å². The molecule has 1 amide bonds. The van der Waals surface area contributed by atoms with Crippen molar-refractivity contribution < 1.29 is 14.3 Å². The van der Waals surface area contributed by atoms with Crippen molar-refractivity contribution in [3.05, 3.63) is 23.8 Å². The number of methoxy groups -OCH3 is 2. The molecule has 1 aromatic rings. The highest BCUT2D eigenvalue weighted by Gasteiger charge is 2.35. The van der Waals surface area contributed by atoms with Crippen LogP contribution in [-0.4, -0.2) is 39.8 Å². The smallest absolute Gasteiger partial charge is 0.220 e. The van der Waals surface area contributed by atoms with Gasteiger partial charge in [-0.2, -0.15) is 0 Å². The molecule has 5 nitrogen and oxygen atoms in total. The lowest BCUT2D eigenvalue weighted by Gasteiger charge is -2.38. The Morgan fingerprint density at radius 1 is 1.11 bits per heavy atom. The molecule has 2 N–H and O–H groups in total. The van der Waals surface area contributed by atoms with Gasteiger partial charge in [-0.1, -0.05) is 25.3 Å². The summed E-state index contributed by atoms with van der Waals surface area (Å²) in [7, 11) is 3.34. The van der Waals surface area contributed by atoms with E-state index in [4.69, 9.17) is 9.47 Å². The van der Waals surface area contributed by atoms with Gasteiger partial charge in [0.25, 0.3) is 0 Å². The number of ether oxygens (including phenoxy) is 2. The standard InChI is InChI=1S/C23H36N2O3/c1-27-20-8-7-19(16-21(20)28-2)23(12-4-3-5-13-23)17-25-22(26)9-6-18-10-14-24-15-11-18/h7-8,16,18,24H,3-6,9-15,17H2,1-2H3,(H,25,26). The van der Waals surface area contributed by atoms with Gasteiger partial charge in [0.05, 0.1) is 14.2 Å². The maximum Gasteiger partial charge on any atom is 0.220 e. The van der Waals surface area contributed by atoms with Crippen LogP contribution in [0.15, 0.2) is 18.2 Å². The highest BCUT2D eigenvalue weighted by molar-refractivity contribution is 5.76. The molecule has 0 unspecified atom stereocenters. The van der Waals surface area contributed by atoms with Crippen molar-refractivity contribution >= 4 is 5.91 Å². The van der Waals surface area contributed by atoms with Gasteiger partial charge < -0.3 is 20.1 Å². The van der Waals surface area contributed by atoms with E-state index in [0.29, 0.717) is 18.9 Å². The van der Waals surface area contributed by atoms with Crippen LogP contribution in [0.5, 0.6) is 11.5 Å². The van der Waals surface area contributed by atoms with Gasteiger partial charge in [0, 0.05) is 18.4 Å². The zero-order valence-electron chi connectivity index (χ0n) is 17.5. The van der Waals surface area contributed by atoms with Gasteiger partial charge in [-0.15, -0.1) is 0 Å².